The number of rotatable bonds is 4. The van der Waals surface area contributed by atoms with Gasteiger partial charge < -0.3 is 19.7 Å². The topological polar surface area (TPSA) is 109 Å². The molecule has 3 aromatic rings. The number of hydrogen-bond acceptors (Lipinski definition) is 6. The van der Waals surface area contributed by atoms with E-state index in [2.05, 4.69) is 20.2 Å². The van der Waals surface area contributed by atoms with E-state index >= 15 is 0 Å². The third-order valence-corrected chi connectivity index (χ3v) is 5.49. The molecule has 32 heavy (non-hydrogen) atoms. The van der Waals surface area contributed by atoms with E-state index in [0.717, 1.165) is 48.2 Å². The van der Waals surface area contributed by atoms with Crippen molar-refractivity contribution in [3.05, 3.63) is 53.1 Å². The molecule has 170 valence electrons. The van der Waals surface area contributed by atoms with Gasteiger partial charge in [-0.15, -0.1) is 0 Å². The van der Waals surface area contributed by atoms with E-state index in [1.54, 1.807) is 26.0 Å². The molecule has 0 bridgehead atoms. The summed E-state index contributed by atoms with van der Waals surface area (Å²) in [4.78, 5) is 31.6. The molecule has 1 saturated heterocycles. The Morgan fingerprint density at radius 3 is 2.56 bits per heavy atom. The quantitative estimate of drug-likeness (QED) is 0.594. The maximum absolute atomic E-state index is 13.8. The summed E-state index contributed by atoms with van der Waals surface area (Å²) in [7, 11) is 0. The molecule has 9 heteroatoms. The SMILES string of the molecule is Cc1cc(N2CCC(CNC(=O)c3oc(C)nc3C)CC2)c2cc(F)ccc2n1.O=CO. The van der Waals surface area contributed by atoms with Crippen LogP contribution in [-0.4, -0.2) is 47.1 Å². The Balaban J connectivity index is 0.000000913. The van der Waals surface area contributed by atoms with E-state index in [0.29, 0.717) is 29.8 Å². The van der Waals surface area contributed by atoms with Gasteiger partial charge in [0.15, 0.2) is 5.89 Å². The number of amides is 1. The van der Waals surface area contributed by atoms with Crippen molar-refractivity contribution >= 4 is 29.0 Å². The van der Waals surface area contributed by atoms with E-state index in [4.69, 9.17) is 14.3 Å². The van der Waals surface area contributed by atoms with E-state index in [1.807, 2.05) is 13.0 Å². The van der Waals surface area contributed by atoms with Crippen LogP contribution in [0.15, 0.2) is 28.7 Å². The zero-order valence-electron chi connectivity index (χ0n) is 18.4. The lowest BCUT2D eigenvalue weighted by Gasteiger charge is -2.34. The van der Waals surface area contributed by atoms with Gasteiger partial charge in [-0.3, -0.25) is 14.6 Å². The van der Waals surface area contributed by atoms with Crippen molar-refractivity contribution in [3.8, 4) is 0 Å². The number of carboxylic acid groups (broad SMARTS) is 1. The fourth-order valence-electron chi connectivity index (χ4n) is 4.01. The van der Waals surface area contributed by atoms with E-state index < -0.39 is 0 Å². The van der Waals surface area contributed by atoms with Gasteiger partial charge in [-0.05, 0) is 56.9 Å². The Bertz CT molecular complexity index is 1110. The number of pyridine rings is 1. The van der Waals surface area contributed by atoms with Crippen molar-refractivity contribution in [1.82, 2.24) is 15.3 Å². The molecule has 1 fully saturated rings. The summed E-state index contributed by atoms with van der Waals surface area (Å²) >= 11 is 0. The molecule has 2 aromatic heterocycles. The van der Waals surface area contributed by atoms with Crippen LogP contribution in [0.5, 0.6) is 0 Å². The lowest BCUT2D eigenvalue weighted by molar-refractivity contribution is -0.122. The molecule has 1 aromatic carbocycles. The molecular formula is C23H27FN4O4. The highest BCUT2D eigenvalue weighted by molar-refractivity contribution is 5.93. The van der Waals surface area contributed by atoms with Crippen LogP contribution >= 0.6 is 0 Å². The van der Waals surface area contributed by atoms with Gasteiger partial charge in [-0.25, -0.2) is 9.37 Å². The minimum atomic E-state index is -0.250. The minimum Gasteiger partial charge on any atom is -0.483 e. The van der Waals surface area contributed by atoms with Gasteiger partial charge in [0, 0.05) is 43.3 Å². The smallest absolute Gasteiger partial charge is 0.290 e. The summed E-state index contributed by atoms with van der Waals surface area (Å²) in [6.45, 7) is 7.54. The molecule has 3 heterocycles. The summed E-state index contributed by atoms with van der Waals surface area (Å²) < 4.78 is 19.2. The predicted octanol–water partition coefficient (Wildman–Crippen LogP) is 3.63. The zero-order valence-corrected chi connectivity index (χ0v) is 18.4. The molecule has 1 amide bonds. The normalized spacial score (nSPS) is 14.1. The average molecular weight is 442 g/mol. The molecule has 0 atom stereocenters. The first-order valence-electron chi connectivity index (χ1n) is 10.4. The van der Waals surface area contributed by atoms with E-state index in [9.17, 15) is 9.18 Å². The van der Waals surface area contributed by atoms with Crippen LogP contribution in [0, 0.1) is 32.5 Å². The Labute approximate surface area is 185 Å². The van der Waals surface area contributed by atoms with Crippen LogP contribution in [0.2, 0.25) is 0 Å². The second kappa shape index (κ2) is 10.2. The lowest BCUT2D eigenvalue weighted by Crippen LogP contribution is -2.38. The number of carbonyl (C=O) groups excluding carboxylic acids is 1. The number of nitrogens with one attached hydrogen (secondary N) is 1. The van der Waals surface area contributed by atoms with Crippen molar-refractivity contribution in [2.45, 2.75) is 33.6 Å². The monoisotopic (exact) mass is 442 g/mol. The molecule has 1 aliphatic heterocycles. The first-order valence-corrected chi connectivity index (χ1v) is 10.4. The highest BCUT2D eigenvalue weighted by atomic mass is 19.1. The summed E-state index contributed by atoms with van der Waals surface area (Å²) in [5, 5.41) is 10.7. The average Bonchev–Trinajstić information content (AvgIpc) is 3.11. The van der Waals surface area contributed by atoms with Crippen molar-refractivity contribution in [2.75, 3.05) is 24.5 Å². The molecular weight excluding hydrogens is 415 g/mol. The number of anilines is 1. The molecule has 4 rings (SSSR count). The van der Waals surface area contributed by atoms with E-state index in [1.165, 1.54) is 6.07 Å². The molecule has 0 saturated carbocycles. The minimum absolute atomic E-state index is 0.211. The van der Waals surface area contributed by atoms with Crippen LogP contribution in [0.25, 0.3) is 10.9 Å². The number of oxazole rings is 1. The molecule has 0 unspecified atom stereocenters. The van der Waals surface area contributed by atoms with Crippen molar-refractivity contribution in [2.24, 2.45) is 5.92 Å². The predicted molar refractivity (Wildman–Crippen MR) is 118 cm³/mol. The van der Waals surface area contributed by atoms with Crippen molar-refractivity contribution in [1.29, 1.82) is 0 Å². The maximum atomic E-state index is 13.8. The fraction of sp³-hybridized carbons (Fsp3) is 0.391. The first-order chi connectivity index (χ1) is 15.3. The van der Waals surface area contributed by atoms with Gasteiger partial charge in [0.25, 0.3) is 12.4 Å². The number of nitrogens with zero attached hydrogens (tertiary/aromatic N) is 3. The Morgan fingerprint density at radius 2 is 1.94 bits per heavy atom. The molecule has 0 spiro atoms. The van der Waals surface area contributed by atoms with Gasteiger partial charge in [-0.2, -0.15) is 0 Å². The maximum Gasteiger partial charge on any atom is 0.290 e. The summed E-state index contributed by atoms with van der Waals surface area (Å²) in [5.74, 6) is 0.722. The molecule has 0 radical (unpaired) electrons. The number of hydrogen-bond donors (Lipinski definition) is 2. The summed E-state index contributed by atoms with van der Waals surface area (Å²) in [5.41, 5.74) is 3.38. The molecule has 2 N–H and O–H groups in total. The number of carbonyl (C=O) groups is 2. The van der Waals surface area contributed by atoms with Gasteiger partial charge in [-0.1, -0.05) is 0 Å². The number of aryl methyl sites for hydroxylation is 3. The third kappa shape index (κ3) is 5.40. The molecule has 1 aliphatic rings. The van der Waals surface area contributed by atoms with E-state index in [-0.39, 0.29) is 18.2 Å². The molecule has 0 aliphatic carbocycles. The van der Waals surface area contributed by atoms with Crippen molar-refractivity contribution in [3.63, 3.8) is 0 Å². The zero-order chi connectivity index (χ0) is 23.3. The number of aromatic nitrogens is 2. The number of piperidine rings is 1. The van der Waals surface area contributed by atoms with Gasteiger partial charge in [0.1, 0.15) is 5.82 Å². The Hall–Kier alpha value is -3.49. The first kappa shape index (κ1) is 23.2. The summed E-state index contributed by atoms with van der Waals surface area (Å²) in [6.07, 6.45) is 1.90. The number of halogens is 1. The van der Waals surface area contributed by atoms with Crippen molar-refractivity contribution < 1.29 is 23.5 Å². The lowest BCUT2D eigenvalue weighted by atomic mass is 9.95. The molecule has 8 nitrogen and oxygen atoms in total. The van der Waals surface area contributed by atoms with Crippen LogP contribution in [0.3, 0.4) is 0 Å². The Kier molecular flexibility index (Phi) is 7.40. The standard InChI is InChI=1S/C22H25FN4O2.CH2O2/c1-13-10-20(18-11-17(23)4-5-19(18)25-13)27-8-6-16(7-9-27)12-24-22(28)21-14(2)26-15(3)29-21;2-1-3/h4-5,10-11,16H,6-9,12H2,1-3H3,(H,24,28);1H,(H,2,3). The van der Waals surface area contributed by atoms with Gasteiger partial charge >= 0.3 is 0 Å². The highest BCUT2D eigenvalue weighted by Gasteiger charge is 2.23. The number of fused-ring (bicyclic) bond motifs is 1. The largest absolute Gasteiger partial charge is 0.483 e. The van der Waals surface area contributed by atoms with Gasteiger partial charge in [0.2, 0.25) is 5.76 Å². The van der Waals surface area contributed by atoms with Crippen LogP contribution in [-0.2, 0) is 4.79 Å². The van der Waals surface area contributed by atoms with Gasteiger partial charge in [0.05, 0.1) is 11.2 Å². The van der Waals surface area contributed by atoms with Crippen LogP contribution in [0.4, 0.5) is 10.1 Å². The highest BCUT2D eigenvalue weighted by Crippen LogP contribution is 2.30. The van der Waals surface area contributed by atoms with Crippen LogP contribution in [0.1, 0.15) is 40.7 Å². The Morgan fingerprint density at radius 1 is 1.25 bits per heavy atom. The third-order valence-electron chi connectivity index (χ3n) is 5.49. The second-order valence-electron chi connectivity index (χ2n) is 7.84. The van der Waals surface area contributed by atoms with Crippen LogP contribution < -0.4 is 10.2 Å². The summed E-state index contributed by atoms with van der Waals surface area (Å²) in [6, 6.07) is 6.77. The fourth-order valence-corrected chi connectivity index (χ4v) is 4.01. The number of benzene rings is 1. The second-order valence-corrected chi connectivity index (χ2v) is 7.84.